The monoisotopic (exact) mass is 343 g/mol. The minimum atomic E-state index is -0.868. The summed E-state index contributed by atoms with van der Waals surface area (Å²) < 4.78 is 0. The fourth-order valence-corrected chi connectivity index (χ4v) is 3.91. The lowest BCUT2D eigenvalue weighted by Crippen LogP contribution is -2.08. The van der Waals surface area contributed by atoms with Crippen LogP contribution in [0.2, 0.25) is 5.15 Å². The van der Waals surface area contributed by atoms with Crippen molar-refractivity contribution in [2.45, 2.75) is 38.5 Å². The van der Waals surface area contributed by atoms with Gasteiger partial charge < -0.3 is 5.11 Å². The van der Waals surface area contributed by atoms with Crippen LogP contribution < -0.4 is 0 Å². The van der Waals surface area contributed by atoms with Crippen LogP contribution >= 0.6 is 11.6 Å². The summed E-state index contributed by atoms with van der Waals surface area (Å²) >= 11 is 5.87. The molecule has 24 heavy (non-hydrogen) atoms. The van der Waals surface area contributed by atoms with Crippen molar-refractivity contribution in [3.63, 3.8) is 0 Å². The third kappa shape index (κ3) is 3.96. The van der Waals surface area contributed by atoms with Crippen LogP contribution in [0.3, 0.4) is 0 Å². The maximum Gasteiger partial charge on any atom is 0.335 e. The van der Waals surface area contributed by atoms with Gasteiger partial charge in [0.25, 0.3) is 0 Å². The van der Waals surface area contributed by atoms with Crippen LogP contribution in [0, 0.1) is 11.8 Å². The van der Waals surface area contributed by atoms with E-state index in [2.05, 4.69) is 18.0 Å². The number of carboxylic acids is 1. The lowest BCUT2D eigenvalue weighted by molar-refractivity contribution is 0.0697. The van der Waals surface area contributed by atoms with Gasteiger partial charge in [-0.25, -0.2) is 9.78 Å². The van der Waals surface area contributed by atoms with Crippen LogP contribution in [0.5, 0.6) is 0 Å². The third-order valence-corrected chi connectivity index (χ3v) is 5.51. The summed E-state index contributed by atoms with van der Waals surface area (Å²) in [5, 5.41) is 9.51. The molecule has 1 N–H and O–H groups in total. The quantitative estimate of drug-likeness (QED) is 0.759. The Balaban J connectivity index is 1.58. The second kappa shape index (κ2) is 7.35. The van der Waals surface area contributed by atoms with Crippen molar-refractivity contribution in [2.75, 3.05) is 0 Å². The van der Waals surface area contributed by atoms with E-state index >= 15 is 0 Å². The first-order valence-corrected chi connectivity index (χ1v) is 8.84. The van der Waals surface area contributed by atoms with Crippen molar-refractivity contribution in [3.05, 3.63) is 64.4 Å². The first-order chi connectivity index (χ1) is 11.5. The number of carbonyl (C=O) groups is 1. The molecular formula is C20H22ClNO2. The van der Waals surface area contributed by atoms with Gasteiger partial charge in [0.2, 0.25) is 0 Å². The number of rotatable bonds is 5. The molecule has 0 amide bonds. The second-order valence-corrected chi connectivity index (χ2v) is 7.24. The Labute approximate surface area is 147 Å². The topological polar surface area (TPSA) is 50.2 Å². The molecule has 1 fully saturated rings. The van der Waals surface area contributed by atoms with E-state index in [1.807, 2.05) is 24.4 Å². The van der Waals surface area contributed by atoms with E-state index in [1.165, 1.54) is 30.4 Å². The van der Waals surface area contributed by atoms with Crippen molar-refractivity contribution < 1.29 is 9.90 Å². The molecule has 0 saturated heterocycles. The number of aromatic nitrogens is 1. The number of halogens is 1. The number of benzene rings is 1. The number of carboxylic acid groups (broad SMARTS) is 1. The predicted molar refractivity (Wildman–Crippen MR) is 95.6 cm³/mol. The SMILES string of the molecule is C[C@H](c1ccc(Cl)nc1)[C@H]1CCC(Cc2ccc(C(=O)O)cc2)C1. The fraction of sp³-hybridized carbons (Fsp3) is 0.400. The van der Waals surface area contributed by atoms with Crippen LogP contribution in [-0.2, 0) is 6.42 Å². The van der Waals surface area contributed by atoms with Gasteiger partial charge in [0.1, 0.15) is 5.15 Å². The molecule has 3 atom stereocenters. The van der Waals surface area contributed by atoms with Gasteiger partial charge in [0.15, 0.2) is 0 Å². The molecule has 1 aliphatic rings. The van der Waals surface area contributed by atoms with Crippen LogP contribution in [0.1, 0.15) is 53.6 Å². The van der Waals surface area contributed by atoms with E-state index in [4.69, 9.17) is 16.7 Å². The maximum absolute atomic E-state index is 10.9. The molecule has 2 aromatic rings. The fourth-order valence-electron chi connectivity index (χ4n) is 3.80. The van der Waals surface area contributed by atoms with Gasteiger partial charge in [-0.05, 0) is 72.8 Å². The molecule has 0 radical (unpaired) electrons. The Kier molecular flexibility index (Phi) is 5.20. The number of aromatic carboxylic acids is 1. The molecule has 126 valence electrons. The first kappa shape index (κ1) is 17.0. The maximum atomic E-state index is 10.9. The highest BCUT2D eigenvalue weighted by Crippen LogP contribution is 2.41. The molecule has 4 heteroatoms. The average Bonchev–Trinajstić information content (AvgIpc) is 3.04. The summed E-state index contributed by atoms with van der Waals surface area (Å²) in [6.07, 6.45) is 6.61. The van der Waals surface area contributed by atoms with Crippen LogP contribution in [0.4, 0.5) is 0 Å². The third-order valence-electron chi connectivity index (χ3n) is 5.29. The zero-order valence-electron chi connectivity index (χ0n) is 13.8. The van der Waals surface area contributed by atoms with E-state index in [0.29, 0.717) is 28.5 Å². The van der Waals surface area contributed by atoms with Crippen molar-refractivity contribution in [1.29, 1.82) is 0 Å². The number of nitrogens with zero attached hydrogens (tertiary/aromatic N) is 1. The Morgan fingerprint density at radius 3 is 2.62 bits per heavy atom. The van der Waals surface area contributed by atoms with Gasteiger partial charge in [0.05, 0.1) is 5.56 Å². The molecule has 0 bridgehead atoms. The molecular weight excluding hydrogens is 322 g/mol. The van der Waals surface area contributed by atoms with Crippen LogP contribution in [0.25, 0.3) is 0 Å². The lowest BCUT2D eigenvalue weighted by atomic mass is 9.86. The molecule has 3 rings (SSSR count). The first-order valence-electron chi connectivity index (χ1n) is 8.46. The second-order valence-electron chi connectivity index (χ2n) is 6.85. The molecule has 1 aromatic carbocycles. The zero-order valence-corrected chi connectivity index (χ0v) is 14.5. The summed E-state index contributed by atoms with van der Waals surface area (Å²) in [5.74, 6) is 0.978. The highest BCUT2D eigenvalue weighted by Gasteiger charge is 2.29. The standard InChI is InChI=1S/C20H22ClNO2/c1-13(18-8-9-19(21)22-12-18)17-7-4-15(11-17)10-14-2-5-16(6-3-14)20(23)24/h2-3,5-6,8-9,12-13,15,17H,4,7,10-11H2,1H3,(H,23,24)/t13-,15?,17-/m0/s1. The average molecular weight is 344 g/mol. The Morgan fingerprint density at radius 2 is 2.00 bits per heavy atom. The van der Waals surface area contributed by atoms with Crippen LogP contribution in [0.15, 0.2) is 42.6 Å². The lowest BCUT2D eigenvalue weighted by Gasteiger charge is -2.19. The normalized spacial score (nSPS) is 21.6. The number of hydrogen-bond acceptors (Lipinski definition) is 2. The number of hydrogen-bond donors (Lipinski definition) is 1. The van der Waals surface area contributed by atoms with Gasteiger partial charge in [-0.1, -0.05) is 36.7 Å². The van der Waals surface area contributed by atoms with Gasteiger partial charge in [-0.3, -0.25) is 0 Å². The molecule has 1 aromatic heterocycles. The Hall–Kier alpha value is -1.87. The Bertz CT molecular complexity index is 697. The molecule has 1 aliphatic carbocycles. The van der Waals surface area contributed by atoms with Gasteiger partial charge in [-0.15, -0.1) is 0 Å². The van der Waals surface area contributed by atoms with Crippen molar-refractivity contribution >= 4 is 17.6 Å². The summed E-state index contributed by atoms with van der Waals surface area (Å²) in [7, 11) is 0. The highest BCUT2D eigenvalue weighted by molar-refractivity contribution is 6.29. The minimum absolute atomic E-state index is 0.354. The van der Waals surface area contributed by atoms with Gasteiger partial charge in [0, 0.05) is 6.20 Å². The molecule has 1 heterocycles. The van der Waals surface area contributed by atoms with E-state index in [9.17, 15) is 4.79 Å². The van der Waals surface area contributed by atoms with E-state index in [-0.39, 0.29) is 0 Å². The van der Waals surface area contributed by atoms with Gasteiger partial charge in [-0.2, -0.15) is 0 Å². The van der Waals surface area contributed by atoms with E-state index in [1.54, 1.807) is 12.1 Å². The van der Waals surface area contributed by atoms with Crippen molar-refractivity contribution in [2.24, 2.45) is 11.8 Å². The van der Waals surface area contributed by atoms with Crippen molar-refractivity contribution in [3.8, 4) is 0 Å². The molecule has 3 nitrogen and oxygen atoms in total. The van der Waals surface area contributed by atoms with E-state index < -0.39 is 5.97 Å². The smallest absolute Gasteiger partial charge is 0.335 e. The molecule has 0 spiro atoms. The summed E-state index contributed by atoms with van der Waals surface area (Å²) in [6.45, 7) is 2.28. The molecule has 1 unspecified atom stereocenters. The van der Waals surface area contributed by atoms with Crippen LogP contribution in [-0.4, -0.2) is 16.1 Å². The summed E-state index contributed by atoms with van der Waals surface area (Å²) in [5.41, 5.74) is 2.84. The summed E-state index contributed by atoms with van der Waals surface area (Å²) in [6, 6.07) is 11.2. The Morgan fingerprint density at radius 1 is 1.25 bits per heavy atom. The zero-order chi connectivity index (χ0) is 17.1. The largest absolute Gasteiger partial charge is 0.478 e. The minimum Gasteiger partial charge on any atom is -0.478 e. The van der Waals surface area contributed by atoms with Crippen molar-refractivity contribution in [1.82, 2.24) is 4.98 Å². The van der Waals surface area contributed by atoms with Gasteiger partial charge >= 0.3 is 5.97 Å². The highest BCUT2D eigenvalue weighted by atomic mass is 35.5. The number of pyridine rings is 1. The molecule has 0 aliphatic heterocycles. The predicted octanol–water partition coefficient (Wildman–Crippen LogP) is 5.20. The molecule has 1 saturated carbocycles. The summed E-state index contributed by atoms with van der Waals surface area (Å²) in [4.78, 5) is 15.1. The van der Waals surface area contributed by atoms with E-state index in [0.717, 1.165) is 6.42 Å².